The Hall–Kier alpha value is -4.27. The molecule has 0 unspecified atom stereocenters. The zero-order valence-electron chi connectivity index (χ0n) is 21.2. The molecule has 0 spiro atoms. The van der Waals surface area contributed by atoms with Crippen molar-refractivity contribution in [2.45, 2.75) is 51.3 Å². The van der Waals surface area contributed by atoms with E-state index in [2.05, 4.69) is 35.8 Å². The minimum atomic E-state index is -4.64. The van der Waals surface area contributed by atoms with Gasteiger partial charge in [0.05, 0.1) is 5.56 Å². The summed E-state index contributed by atoms with van der Waals surface area (Å²) in [6.45, 7) is 2.10. The molecule has 1 fully saturated rings. The van der Waals surface area contributed by atoms with E-state index in [1.807, 2.05) is 0 Å². The Labute approximate surface area is 229 Å². The average Bonchev–Trinajstić information content (AvgIpc) is 3.60. The van der Waals surface area contributed by atoms with Crippen LogP contribution in [0.15, 0.2) is 39.1 Å². The second kappa shape index (κ2) is 11.5. The normalized spacial score (nSPS) is 14.2. The first-order chi connectivity index (χ1) is 19.2. The molecule has 15 heteroatoms. The molecule has 5 rings (SSSR count). The first kappa shape index (κ1) is 27.3. The third kappa shape index (κ3) is 6.14. The molecule has 1 aliphatic rings. The fourth-order valence-corrected chi connectivity index (χ4v) is 5.17. The number of thiazole rings is 1. The number of amides is 2. The number of nitrogens with one attached hydrogen (secondary N) is 3. The van der Waals surface area contributed by atoms with Crippen LogP contribution in [-0.2, 0) is 6.18 Å². The van der Waals surface area contributed by atoms with Crippen LogP contribution in [0.5, 0.6) is 5.88 Å². The minimum Gasteiger partial charge on any atom is -0.474 e. The van der Waals surface area contributed by atoms with E-state index in [4.69, 9.17) is 9.15 Å². The number of nitrogens with zero attached hydrogens (tertiary/aromatic N) is 4. The molecule has 1 saturated carbocycles. The van der Waals surface area contributed by atoms with Gasteiger partial charge in [-0.3, -0.25) is 5.32 Å². The summed E-state index contributed by atoms with van der Waals surface area (Å²) >= 11 is 0.796. The zero-order chi connectivity index (χ0) is 28.3. The van der Waals surface area contributed by atoms with Crippen molar-refractivity contribution >= 4 is 23.2 Å². The summed E-state index contributed by atoms with van der Waals surface area (Å²) in [5.74, 6) is -0.454. The number of anilines is 1. The van der Waals surface area contributed by atoms with Crippen LogP contribution in [0.4, 0.5) is 23.8 Å². The number of carbonyl (C=O) groups excluding carboxylic acids is 1. The van der Waals surface area contributed by atoms with Crippen LogP contribution < -0.4 is 21.1 Å². The first-order valence-electron chi connectivity index (χ1n) is 12.5. The third-order valence-corrected chi connectivity index (χ3v) is 7.04. The maximum Gasteiger partial charge on any atom is 0.434 e. The van der Waals surface area contributed by atoms with Gasteiger partial charge in [-0.1, -0.05) is 6.42 Å². The molecule has 1 aliphatic carbocycles. The SMILES string of the molecule is CCNC(=O)Nc1cc(-c2nc(C(F)(F)F)cs2)c(-c2cc(-c3n[nH]c(=O)o3)cnc2OC2CCCCC2)cn1. The van der Waals surface area contributed by atoms with Gasteiger partial charge in [-0.05, 0) is 44.7 Å². The van der Waals surface area contributed by atoms with Crippen LogP contribution in [0.1, 0.15) is 44.7 Å². The van der Waals surface area contributed by atoms with Crippen LogP contribution in [0, 0.1) is 0 Å². The Bertz CT molecular complexity index is 1560. The highest BCUT2D eigenvalue weighted by Crippen LogP contribution is 2.42. The summed E-state index contributed by atoms with van der Waals surface area (Å²) in [7, 11) is 0. The molecule has 2 amide bonds. The lowest BCUT2D eigenvalue weighted by Crippen LogP contribution is -2.28. The molecule has 11 nitrogen and oxygen atoms in total. The Morgan fingerprint density at radius 3 is 2.62 bits per heavy atom. The van der Waals surface area contributed by atoms with Gasteiger partial charge in [0.25, 0.3) is 5.89 Å². The summed E-state index contributed by atoms with van der Waals surface area (Å²) in [5.41, 5.74) is 0.276. The van der Waals surface area contributed by atoms with Crippen molar-refractivity contribution < 1.29 is 27.1 Å². The third-order valence-electron chi connectivity index (χ3n) is 6.16. The van der Waals surface area contributed by atoms with Crippen molar-refractivity contribution in [1.82, 2.24) is 30.5 Å². The molecule has 0 aromatic carbocycles. The maximum absolute atomic E-state index is 13.4. The van der Waals surface area contributed by atoms with Crippen LogP contribution in [-0.4, -0.2) is 43.8 Å². The second-order valence-corrected chi connectivity index (χ2v) is 9.87. The summed E-state index contributed by atoms with van der Waals surface area (Å²) in [6.07, 6.45) is 2.88. The number of halogens is 3. The van der Waals surface area contributed by atoms with E-state index in [0.717, 1.165) is 48.8 Å². The predicted octanol–water partition coefficient (Wildman–Crippen LogP) is 5.48. The van der Waals surface area contributed by atoms with E-state index in [9.17, 15) is 22.8 Å². The van der Waals surface area contributed by atoms with Crippen LogP contribution in [0.3, 0.4) is 0 Å². The molecule has 4 heterocycles. The Kier molecular flexibility index (Phi) is 7.82. The molecule has 0 saturated heterocycles. The molecule has 4 aromatic rings. The second-order valence-electron chi connectivity index (χ2n) is 9.01. The van der Waals surface area contributed by atoms with Crippen LogP contribution in [0.25, 0.3) is 33.2 Å². The zero-order valence-corrected chi connectivity index (χ0v) is 22.0. The Morgan fingerprint density at radius 2 is 1.95 bits per heavy atom. The van der Waals surface area contributed by atoms with Gasteiger partial charge in [0, 0.05) is 41.0 Å². The van der Waals surface area contributed by atoms with Crippen molar-refractivity contribution in [1.29, 1.82) is 0 Å². The number of alkyl halides is 3. The van der Waals surface area contributed by atoms with Gasteiger partial charge in [-0.2, -0.15) is 13.2 Å². The van der Waals surface area contributed by atoms with Crippen molar-refractivity contribution in [2.75, 3.05) is 11.9 Å². The molecule has 4 aromatic heterocycles. The van der Waals surface area contributed by atoms with Gasteiger partial charge in [0.2, 0.25) is 5.88 Å². The van der Waals surface area contributed by atoms with Crippen LogP contribution in [0.2, 0.25) is 0 Å². The van der Waals surface area contributed by atoms with E-state index < -0.39 is 23.7 Å². The average molecular weight is 576 g/mol. The highest BCUT2D eigenvalue weighted by Gasteiger charge is 2.34. The largest absolute Gasteiger partial charge is 0.474 e. The number of aromatic nitrogens is 5. The van der Waals surface area contributed by atoms with Crippen molar-refractivity contribution in [3.8, 4) is 39.0 Å². The highest BCUT2D eigenvalue weighted by atomic mass is 32.1. The smallest absolute Gasteiger partial charge is 0.434 e. The predicted molar refractivity (Wildman–Crippen MR) is 140 cm³/mol. The van der Waals surface area contributed by atoms with Gasteiger partial charge in [0.15, 0.2) is 5.69 Å². The molecule has 0 atom stereocenters. The number of ether oxygens (including phenoxy) is 1. The number of urea groups is 1. The molecular weight excluding hydrogens is 551 g/mol. The first-order valence-corrected chi connectivity index (χ1v) is 13.4. The van der Waals surface area contributed by atoms with Crippen molar-refractivity contribution in [2.24, 2.45) is 0 Å². The highest BCUT2D eigenvalue weighted by molar-refractivity contribution is 7.13. The monoisotopic (exact) mass is 575 g/mol. The van der Waals surface area contributed by atoms with E-state index in [1.54, 1.807) is 13.0 Å². The molecule has 0 aliphatic heterocycles. The lowest BCUT2D eigenvalue weighted by Gasteiger charge is -2.24. The molecule has 3 N–H and O–H groups in total. The number of rotatable bonds is 7. The number of pyridine rings is 2. The van der Waals surface area contributed by atoms with E-state index in [-0.39, 0.29) is 34.3 Å². The van der Waals surface area contributed by atoms with Gasteiger partial charge >= 0.3 is 18.0 Å². The number of aromatic amines is 1. The van der Waals surface area contributed by atoms with Crippen molar-refractivity contribution in [3.63, 3.8) is 0 Å². The number of carbonyl (C=O) groups is 1. The number of hydrogen-bond donors (Lipinski definition) is 3. The number of H-pyrrole nitrogens is 1. The quantitative estimate of drug-likeness (QED) is 0.262. The lowest BCUT2D eigenvalue weighted by molar-refractivity contribution is -0.140. The Balaban J connectivity index is 1.65. The van der Waals surface area contributed by atoms with Gasteiger partial charge in [-0.25, -0.2) is 29.6 Å². The maximum atomic E-state index is 13.4. The summed E-state index contributed by atoms with van der Waals surface area (Å²) in [5, 5.41) is 12.2. The van der Waals surface area contributed by atoms with E-state index >= 15 is 0 Å². The van der Waals surface area contributed by atoms with Gasteiger partial charge < -0.3 is 14.5 Å². The topological polar surface area (TPSA) is 148 Å². The fraction of sp³-hybridized carbons (Fsp3) is 0.360. The molecule has 210 valence electrons. The Morgan fingerprint density at radius 1 is 1.15 bits per heavy atom. The minimum absolute atomic E-state index is 0.0272. The van der Waals surface area contributed by atoms with E-state index in [0.29, 0.717) is 23.2 Å². The number of hydrogen-bond acceptors (Lipinski definition) is 9. The molecule has 0 radical (unpaired) electrons. The summed E-state index contributed by atoms with van der Waals surface area (Å²) in [4.78, 5) is 36.3. The fourth-order valence-electron chi connectivity index (χ4n) is 4.31. The molecular formula is C25H24F3N7O4S. The van der Waals surface area contributed by atoms with Gasteiger partial charge in [-0.15, -0.1) is 16.4 Å². The summed E-state index contributed by atoms with van der Waals surface area (Å²) in [6, 6.07) is 2.53. The molecule has 0 bridgehead atoms. The van der Waals surface area contributed by atoms with Crippen LogP contribution >= 0.6 is 11.3 Å². The lowest BCUT2D eigenvalue weighted by atomic mass is 9.97. The van der Waals surface area contributed by atoms with Crippen molar-refractivity contribution in [3.05, 3.63) is 46.2 Å². The standard InChI is InChI=1S/C25H24F3N7O4S/c1-2-29-23(36)33-19-9-16(22-32-18(12-40-22)25(26,27)28)17(11-30-19)15-8-13(20-34-35-24(37)39-20)10-31-21(15)38-14-6-4-3-5-7-14/h8-12,14H,2-7H2,1H3,(H,35,37)(H2,29,30,33,36). The summed E-state index contributed by atoms with van der Waals surface area (Å²) < 4.78 is 51.7. The van der Waals surface area contributed by atoms with E-state index in [1.165, 1.54) is 18.5 Å². The molecule has 40 heavy (non-hydrogen) atoms. The van der Waals surface area contributed by atoms with Gasteiger partial charge in [0.1, 0.15) is 16.9 Å².